The summed E-state index contributed by atoms with van der Waals surface area (Å²) in [5.41, 5.74) is 1.31. The van der Waals surface area contributed by atoms with Crippen molar-refractivity contribution in [2.24, 2.45) is 5.92 Å². The lowest BCUT2D eigenvalue weighted by molar-refractivity contribution is -0.132. The SMILES string of the molecule is O=C([C@H]1C[C@@H]1c1ccccc1)N1CCCN(c2nccs2)CC1. The monoisotopic (exact) mass is 327 g/mol. The summed E-state index contributed by atoms with van der Waals surface area (Å²) in [5, 5.41) is 3.09. The van der Waals surface area contributed by atoms with E-state index >= 15 is 0 Å². The average Bonchev–Trinajstić information content (AvgIpc) is 3.29. The molecule has 1 aliphatic carbocycles. The van der Waals surface area contributed by atoms with Crippen molar-refractivity contribution in [1.29, 1.82) is 0 Å². The Morgan fingerprint density at radius 2 is 2.00 bits per heavy atom. The summed E-state index contributed by atoms with van der Waals surface area (Å²) >= 11 is 1.68. The third kappa shape index (κ3) is 3.11. The molecular formula is C18H21N3OS. The Kier molecular flexibility index (Phi) is 4.04. The highest BCUT2D eigenvalue weighted by atomic mass is 32.1. The number of amides is 1. The molecule has 2 fully saturated rings. The molecule has 1 saturated carbocycles. The summed E-state index contributed by atoms with van der Waals surface area (Å²) in [6, 6.07) is 10.4. The lowest BCUT2D eigenvalue weighted by atomic mass is 10.1. The molecule has 2 heterocycles. The second-order valence-corrected chi connectivity index (χ2v) is 7.21. The van der Waals surface area contributed by atoms with Crippen LogP contribution in [0.2, 0.25) is 0 Å². The molecule has 1 aromatic heterocycles. The van der Waals surface area contributed by atoms with Gasteiger partial charge in [0.05, 0.1) is 0 Å². The highest BCUT2D eigenvalue weighted by Gasteiger charge is 2.45. The molecule has 23 heavy (non-hydrogen) atoms. The van der Waals surface area contributed by atoms with Crippen molar-refractivity contribution in [2.75, 3.05) is 31.1 Å². The third-order valence-corrected chi connectivity index (χ3v) is 5.66. The van der Waals surface area contributed by atoms with Crippen LogP contribution in [-0.2, 0) is 4.79 Å². The second kappa shape index (κ2) is 6.32. The molecule has 120 valence electrons. The number of carbonyl (C=O) groups excluding carboxylic acids is 1. The summed E-state index contributed by atoms with van der Waals surface area (Å²) in [6.07, 6.45) is 3.88. The fraction of sp³-hybridized carbons (Fsp3) is 0.444. The number of carbonyl (C=O) groups is 1. The third-order valence-electron chi connectivity index (χ3n) is 4.83. The van der Waals surface area contributed by atoms with Crippen LogP contribution in [0.3, 0.4) is 0 Å². The van der Waals surface area contributed by atoms with E-state index in [9.17, 15) is 4.79 Å². The van der Waals surface area contributed by atoms with Gasteiger partial charge in [0, 0.05) is 43.7 Å². The maximum absolute atomic E-state index is 12.8. The molecule has 0 radical (unpaired) electrons. The molecule has 4 rings (SSSR count). The van der Waals surface area contributed by atoms with Gasteiger partial charge in [0.2, 0.25) is 5.91 Å². The summed E-state index contributed by atoms with van der Waals surface area (Å²) in [7, 11) is 0. The van der Waals surface area contributed by atoms with Crippen LogP contribution in [0.25, 0.3) is 0 Å². The minimum atomic E-state index is 0.198. The molecule has 1 aromatic carbocycles. The van der Waals surface area contributed by atoms with Crippen LogP contribution in [0.1, 0.15) is 24.3 Å². The van der Waals surface area contributed by atoms with Crippen molar-refractivity contribution < 1.29 is 4.79 Å². The van der Waals surface area contributed by atoms with Gasteiger partial charge < -0.3 is 9.80 Å². The number of hydrogen-bond donors (Lipinski definition) is 0. The Morgan fingerprint density at radius 1 is 1.13 bits per heavy atom. The predicted molar refractivity (Wildman–Crippen MR) is 92.8 cm³/mol. The van der Waals surface area contributed by atoms with E-state index in [0.717, 1.165) is 44.2 Å². The molecule has 2 aliphatic rings. The molecule has 4 nitrogen and oxygen atoms in total. The van der Waals surface area contributed by atoms with Crippen molar-refractivity contribution in [1.82, 2.24) is 9.88 Å². The Hall–Kier alpha value is -1.88. The molecule has 1 aliphatic heterocycles. The van der Waals surface area contributed by atoms with Crippen molar-refractivity contribution >= 4 is 22.4 Å². The Balaban J connectivity index is 1.37. The first kappa shape index (κ1) is 14.7. The molecule has 1 amide bonds. The van der Waals surface area contributed by atoms with E-state index in [4.69, 9.17) is 0 Å². The number of hydrogen-bond acceptors (Lipinski definition) is 4. The Morgan fingerprint density at radius 3 is 2.78 bits per heavy atom. The van der Waals surface area contributed by atoms with E-state index in [1.165, 1.54) is 5.56 Å². The van der Waals surface area contributed by atoms with E-state index in [2.05, 4.69) is 39.0 Å². The van der Waals surface area contributed by atoms with E-state index in [1.54, 1.807) is 11.3 Å². The van der Waals surface area contributed by atoms with Crippen molar-refractivity contribution in [3.63, 3.8) is 0 Å². The molecular weight excluding hydrogens is 306 g/mol. The standard InChI is InChI=1S/C18H21N3OS/c22-17(16-13-15(16)14-5-2-1-3-6-14)20-8-4-9-21(11-10-20)18-19-7-12-23-18/h1-3,5-7,12,15-16H,4,8-11,13H2/t15-,16+/m1/s1. The number of thiazole rings is 1. The molecule has 2 aromatic rings. The number of anilines is 1. The molecule has 0 spiro atoms. The first-order valence-corrected chi connectivity index (χ1v) is 9.19. The number of nitrogens with zero attached hydrogens (tertiary/aromatic N) is 3. The Bertz CT molecular complexity index is 658. The Labute approximate surface area is 140 Å². The molecule has 0 bridgehead atoms. The van der Waals surface area contributed by atoms with Crippen LogP contribution in [0.5, 0.6) is 0 Å². The first-order chi connectivity index (χ1) is 11.3. The molecule has 0 unspecified atom stereocenters. The molecule has 2 atom stereocenters. The van der Waals surface area contributed by atoms with Gasteiger partial charge in [0.25, 0.3) is 0 Å². The molecule has 0 N–H and O–H groups in total. The average molecular weight is 327 g/mol. The van der Waals surface area contributed by atoms with Crippen LogP contribution >= 0.6 is 11.3 Å². The van der Waals surface area contributed by atoms with Crippen LogP contribution in [0, 0.1) is 5.92 Å². The maximum atomic E-state index is 12.8. The van der Waals surface area contributed by atoms with Gasteiger partial charge in [-0.25, -0.2) is 4.98 Å². The summed E-state index contributed by atoms with van der Waals surface area (Å²) < 4.78 is 0. The van der Waals surface area contributed by atoms with Crippen LogP contribution in [0.4, 0.5) is 5.13 Å². The van der Waals surface area contributed by atoms with Gasteiger partial charge >= 0.3 is 0 Å². The second-order valence-electron chi connectivity index (χ2n) is 6.34. The topological polar surface area (TPSA) is 36.4 Å². The number of rotatable bonds is 3. The number of aromatic nitrogens is 1. The minimum absolute atomic E-state index is 0.198. The van der Waals surface area contributed by atoms with Gasteiger partial charge in [0.15, 0.2) is 5.13 Å². The molecule has 5 heteroatoms. The largest absolute Gasteiger partial charge is 0.346 e. The minimum Gasteiger partial charge on any atom is -0.346 e. The van der Waals surface area contributed by atoms with Crippen molar-refractivity contribution in [3.05, 3.63) is 47.5 Å². The zero-order valence-corrected chi connectivity index (χ0v) is 13.9. The van der Waals surface area contributed by atoms with E-state index < -0.39 is 0 Å². The maximum Gasteiger partial charge on any atom is 0.226 e. The van der Waals surface area contributed by atoms with Gasteiger partial charge in [-0.05, 0) is 24.3 Å². The quantitative estimate of drug-likeness (QED) is 0.869. The van der Waals surface area contributed by atoms with E-state index in [1.807, 2.05) is 17.6 Å². The van der Waals surface area contributed by atoms with Gasteiger partial charge in [-0.1, -0.05) is 30.3 Å². The highest BCUT2D eigenvalue weighted by molar-refractivity contribution is 7.13. The van der Waals surface area contributed by atoms with Crippen molar-refractivity contribution in [3.8, 4) is 0 Å². The normalized spacial score (nSPS) is 24.3. The van der Waals surface area contributed by atoms with E-state index in [-0.39, 0.29) is 5.92 Å². The summed E-state index contributed by atoms with van der Waals surface area (Å²) in [6.45, 7) is 3.57. The van der Waals surface area contributed by atoms with Crippen LogP contribution < -0.4 is 4.90 Å². The van der Waals surface area contributed by atoms with E-state index in [0.29, 0.717) is 11.8 Å². The number of benzene rings is 1. The zero-order valence-electron chi connectivity index (χ0n) is 13.1. The zero-order chi connectivity index (χ0) is 15.6. The van der Waals surface area contributed by atoms with Crippen LogP contribution in [-0.4, -0.2) is 42.0 Å². The summed E-state index contributed by atoms with van der Waals surface area (Å²) in [4.78, 5) is 21.6. The predicted octanol–water partition coefficient (Wildman–Crippen LogP) is 2.99. The van der Waals surface area contributed by atoms with Gasteiger partial charge in [-0.3, -0.25) is 4.79 Å². The lowest BCUT2D eigenvalue weighted by Gasteiger charge is -2.22. The highest BCUT2D eigenvalue weighted by Crippen LogP contribution is 2.48. The van der Waals surface area contributed by atoms with Gasteiger partial charge in [0.1, 0.15) is 0 Å². The first-order valence-electron chi connectivity index (χ1n) is 8.31. The fourth-order valence-corrected chi connectivity index (χ4v) is 4.17. The summed E-state index contributed by atoms with van der Waals surface area (Å²) in [5.74, 6) is 0.977. The smallest absolute Gasteiger partial charge is 0.226 e. The van der Waals surface area contributed by atoms with Crippen molar-refractivity contribution in [2.45, 2.75) is 18.8 Å². The van der Waals surface area contributed by atoms with Gasteiger partial charge in [-0.15, -0.1) is 11.3 Å². The fourth-order valence-electron chi connectivity index (χ4n) is 3.47. The van der Waals surface area contributed by atoms with Crippen LogP contribution in [0.15, 0.2) is 41.9 Å². The van der Waals surface area contributed by atoms with Gasteiger partial charge in [-0.2, -0.15) is 0 Å². The lowest BCUT2D eigenvalue weighted by Crippen LogP contribution is -2.36. The molecule has 1 saturated heterocycles.